The van der Waals surface area contributed by atoms with E-state index in [-0.39, 0.29) is 11.9 Å². The minimum Gasteiger partial charge on any atom is -0.465 e. The first-order chi connectivity index (χ1) is 10.5. The van der Waals surface area contributed by atoms with Crippen LogP contribution in [-0.2, 0) is 0 Å². The van der Waals surface area contributed by atoms with E-state index >= 15 is 0 Å². The Bertz CT molecular complexity index is 640. The molecule has 118 valence electrons. The standard InChI is InChI=1S/C14H15BrClN3O3/c15-10-6-12-9(5-11(10)16)13(20)19-4-3-18(14(21)22)7-8(19)1-2-17-12/h5-6,8,17H,1-4,7H2,(H,21,22)/t8-/m0/s1. The number of amides is 2. The van der Waals surface area contributed by atoms with Crippen molar-refractivity contribution in [3.05, 3.63) is 27.2 Å². The quantitative estimate of drug-likeness (QED) is 0.717. The molecule has 1 aromatic rings. The molecule has 0 aliphatic carbocycles. The van der Waals surface area contributed by atoms with Gasteiger partial charge in [0.2, 0.25) is 0 Å². The molecule has 2 heterocycles. The van der Waals surface area contributed by atoms with Crippen molar-refractivity contribution in [2.45, 2.75) is 12.5 Å². The third-order valence-corrected chi connectivity index (χ3v) is 5.30. The number of halogens is 2. The fraction of sp³-hybridized carbons (Fsp3) is 0.429. The number of piperazine rings is 1. The van der Waals surface area contributed by atoms with Crippen LogP contribution in [0.2, 0.25) is 5.02 Å². The van der Waals surface area contributed by atoms with Gasteiger partial charge >= 0.3 is 6.09 Å². The van der Waals surface area contributed by atoms with Crippen LogP contribution in [-0.4, -0.2) is 59.1 Å². The molecule has 0 spiro atoms. The zero-order valence-corrected chi connectivity index (χ0v) is 14.0. The van der Waals surface area contributed by atoms with Gasteiger partial charge in [-0.15, -0.1) is 0 Å². The molecule has 1 fully saturated rings. The van der Waals surface area contributed by atoms with E-state index in [0.717, 1.165) is 10.2 Å². The van der Waals surface area contributed by atoms with Gasteiger partial charge in [0.15, 0.2) is 0 Å². The number of nitrogens with zero attached hydrogens (tertiary/aromatic N) is 2. The van der Waals surface area contributed by atoms with Crippen LogP contribution < -0.4 is 5.32 Å². The first kappa shape index (κ1) is 15.4. The molecule has 2 aliphatic rings. The third kappa shape index (κ3) is 2.75. The van der Waals surface area contributed by atoms with Crippen molar-refractivity contribution in [2.24, 2.45) is 0 Å². The van der Waals surface area contributed by atoms with E-state index in [2.05, 4.69) is 21.2 Å². The molecule has 3 rings (SSSR count). The maximum atomic E-state index is 12.8. The lowest BCUT2D eigenvalue weighted by molar-refractivity contribution is 0.0436. The van der Waals surface area contributed by atoms with E-state index in [0.29, 0.717) is 43.2 Å². The molecule has 2 aliphatic heterocycles. The zero-order chi connectivity index (χ0) is 15.9. The number of fused-ring (bicyclic) bond motifs is 2. The molecule has 2 N–H and O–H groups in total. The fourth-order valence-corrected chi connectivity index (χ4v) is 3.45. The second kappa shape index (κ2) is 5.96. The second-order valence-electron chi connectivity index (χ2n) is 5.41. The van der Waals surface area contributed by atoms with Gasteiger partial charge < -0.3 is 20.2 Å². The molecule has 8 heteroatoms. The topological polar surface area (TPSA) is 72.9 Å². The van der Waals surface area contributed by atoms with Crippen LogP contribution in [0.25, 0.3) is 0 Å². The predicted molar refractivity (Wildman–Crippen MR) is 86.7 cm³/mol. The Morgan fingerprint density at radius 3 is 2.91 bits per heavy atom. The Hall–Kier alpha value is -1.47. The molecule has 22 heavy (non-hydrogen) atoms. The summed E-state index contributed by atoms with van der Waals surface area (Å²) >= 11 is 9.48. The molecule has 1 saturated heterocycles. The highest BCUT2D eigenvalue weighted by Gasteiger charge is 2.34. The van der Waals surface area contributed by atoms with E-state index in [9.17, 15) is 9.59 Å². The lowest BCUT2D eigenvalue weighted by Gasteiger charge is -2.41. The molecule has 0 aromatic heterocycles. The van der Waals surface area contributed by atoms with Crippen LogP contribution in [0.15, 0.2) is 16.6 Å². The van der Waals surface area contributed by atoms with Gasteiger partial charge in [-0.05, 0) is 34.5 Å². The molecule has 0 unspecified atom stereocenters. The minimum atomic E-state index is -0.936. The van der Waals surface area contributed by atoms with Gasteiger partial charge in [0, 0.05) is 36.3 Å². The monoisotopic (exact) mass is 387 g/mol. The molecule has 1 aromatic carbocycles. The van der Waals surface area contributed by atoms with E-state index in [1.165, 1.54) is 4.90 Å². The van der Waals surface area contributed by atoms with Crippen molar-refractivity contribution >= 4 is 45.2 Å². The molecule has 6 nitrogen and oxygen atoms in total. The molecule has 0 bridgehead atoms. The number of carboxylic acid groups (broad SMARTS) is 1. The number of hydrogen-bond donors (Lipinski definition) is 2. The largest absolute Gasteiger partial charge is 0.465 e. The number of rotatable bonds is 0. The van der Waals surface area contributed by atoms with Crippen LogP contribution in [0.4, 0.5) is 10.5 Å². The normalized spacial score (nSPS) is 21.4. The maximum absolute atomic E-state index is 12.8. The maximum Gasteiger partial charge on any atom is 0.407 e. The summed E-state index contributed by atoms with van der Waals surface area (Å²) in [5.41, 5.74) is 1.28. The predicted octanol–water partition coefficient (Wildman–Crippen LogP) is 2.72. The molecule has 0 radical (unpaired) electrons. The Kier molecular flexibility index (Phi) is 4.18. The van der Waals surface area contributed by atoms with Gasteiger partial charge in [-0.25, -0.2) is 4.79 Å². The summed E-state index contributed by atoms with van der Waals surface area (Å²) in [6.45, 7) is 1.76. The highest BCUT2D eigenvalue weighted by atomic mass is 79.9. The third-order valence-electron chi connectivity index (χ3n) is 4.10. The fourth-order valence-electron chi connectivity index (χ4n) is 2.94. The molecular formula is C14H15BrClN3O3. The van der Waals surface area contributed by atoms with Crippen molar-refractivity contribution in [3.8, 4) is 0 Å². The van der Waals surface area contributed by atoms with Crippen molar-refractivity contribution < 1.29 is 14.7 Å². The van der Waals surface area contributed by atoms with Crippen LogP contribution in [0.5, 0.6) is 0 Å². The SMILES string of the molecule is O=C(O)N1CCN2C(=O)c3cc(Cl)c(Br)cc3NCC[C@H]2C1. The Morgan fingerprint density at radius 1 is 1.41 bits per heavy atom. The van der Waals surface area contributed by atoms with Crippen molar-refractivity contribution in [1.29, 1.82) is 0 Å². The summed E-state index contributed by atoms with van der Waals surface area (Å²) < 4.78 is 0.737. The average Bonchev–Trinajstić information content (AvgIpc) is 2.48. The lowest BCUT2D eigenvalue weighted by atomic mass is 10.0. The van der Waals surface area contributed by atoms with Crippen LogP contribution in [0.3, 0.4) is 0 Å². The summed E-state index contributed by atoms with van der Waals surface area (Å²) in [6.07, 6.45) is -0.232. The van der Waals surface area contributed by atoms with E-state index in [1.54, 1.807) is 11.0 Å². The number of nitrogens with one attached hydrogen (secondary N) is 1. The number of benzene rings is 1. The number of carbonyl (C=O) groups is 2. The Balaban J connectivity index is 1.92. The Morgan fingerprint density at radius 2 is 2.18 bits per heavy atom. The summed E-state index contributed by atoms with van der Waals surface area (Å²) in [5, 5.41) is 12.8. The van der Waals surface area contributed by atoms with Crippen LogP contribution in [0, 0.1) is 0 Å². The minimum absolute atomic E-state index is 0.105. The molecule has 0 saturated carbocycles. The van der Waals surface area contributed by atoms with Gasteiger partial charge in [0.1, 0.15) is 0 Å². The summed E-state index contributed by atoms with van der Waals surface area (Å²) in [7, 11) is 0. The first-order valence-corrected chi connectivity index (χ1v) is 8.16. The average molecular weight is 389 g/mol. The summed E-state index contributed by atoms with van der Waals surface area (Å²) in [4.78, 5) is 27.1. The number of hydrogen-bond acceptors (Lipinski definition) is 3. The number of carbonyl (C=O) groups excluding carboxylic acids is 1. The first-order valence-electron chi connectivity index (χ1n) is 6.99. The van der Waals surface area contributed by atoms with Gasteiger partial charge in [0.05, 0.1) is 16.6 Å². The number of anilines is 1. The van der Waals surface area contributed by atoms with E-state index < -0.39 is 6.09 Å². The van der Waals surface area contributed by atoms with Gasteiger partial charge in [-0.3, -0.25) is 4.79 Å². The summed E-state index contributed by atoms with van der Waals surface area (Å²) in [5.74, 6) is -0.105. The van der Waals surface area contributed by atoms with Crippen LogP contribution >= 0.6 is 27.5 Å². The highest BCUT2D eigenvalue weighted by Crippen LogP contribution is 2.32. The summed E-state index contributed by atoms with van der Waals surface area (Å²) in [6, 6.07) is 3.35. The van der Waals surface area contributed by atoms with Gasteiger partial charge in [-0.1, -0.05) is 11.6 Å². The lowest BCUT2D eigenvalue weighted by Crippen LogP contribution is -2.57. The van der Waals surface area contributed by atoms with Gasteiger partial charge in [0.25, 0.3) is 5.91 Å². The van der Waals surface area contributed by atoms with Gasteiger partial charge in [-0.2, -0.15) is 0 Å². The van der Waals surface area contributed by atoms with Crippen LogP contribution in [0.1, 0.15) is 16.8 Å². The van der Waals surface area contributed by atoms with Crippen molar-refractivity contribution in [1.82, 2.24) is 9.80 Å². The highest BCUT2D eigenvalue weighted by molar-refractivity contribution is 9.10. The Labute approximate surface area is 141 Å². The smallest absolute Gasteiger partial charge is 0.407 e. The van der Waals surface area contributed by atoms with E-state index in [1.807, 2.05) is 6.07 Å². The van der Waals surface area contributed by atoms with E-state index in [4.69, 9.17) is 16.7 Å². The molecule has 1 atom stereocenters. The zero-order valence-electron chi connectivity index (χ0n) is 11.7. The van der Waals surface area contributed by atoms with Crippen molar-refractivity contribution in [2.75, 3.05) is 31.5 Å². The molecule has 2 amide bonds. The second-order valence-corrected chi connectivity index (χ2v) is 6.67. The van der Waals surface area contributed by atoms with Crippen molar-refractivity contribution in [3.63, 3.8) is 0 Å². The molecular weight excluding hydrogens is 374 g/mol.